The van der Waals surface area contributed by atoms with Gasteiger partial charge in [0, 0.05) is 0 Å². The Morgan fingerprint density at radius 3 is 2.12 bits per heavy atom. The number of aryl methyl sites for hydroxylation is 1. The second kappa shape index (κ2) is 4.80. The fourth-order valence-corrected chi connectivity index (χ4v) is 1.70. The third-order valence-corrected chi connectivity index (χ3v) is 2.69. The van der Waals surface area contributed by atoms with E-state index in [0.717, 1.165) is 0 Å². The van der Waals surface area contributed by atoms with Gasteiger partial charge in [0.25, 0.3) is 0 Å². The van der Waals surface area contributed by atoms with Crippen LogP contribution in [-0.2, 0) is 0 Å². The van der Waals surface area contributed by atoms with Crippen LogP contribution in [0.3, 0.4) is 0 Å². The van der Waals surface area contributed by atoms with Crippen LogP contribution >= 0.6 is 0 Å². The van der Waals surface area contributed by atoms with Crippen LogP contribution in [0.1, 0.15) is 23.6 Å². The van der Waals surface area contributed by atoms with E-state index in [1.165, 1.54) is 22.3 Å². The van der Waals surface area contributed by atoms with Gasteiger partial charge in [-0.25, -0.2) is 0 Å². The van der Waals surface area contributed by atoms with E-state index in [1.54, 1.807) is 0 Å². The Morgan fingerprint density at radius 1 is 0.875 bits per heavy atom. The summed E-state index contributed by atoms with van der Waals surface area (Å²) in [5.41, 5.74) is 5.14. The highest BCUT2D eigenvalue weighted by molar-refractivity contribution is 5.80. The predicted molar refractivity (Wildman–Crippen MR) is 71.2 cm³/mol. The van der Waals surface area contributed by atoms with E-state index in [2.05, 4.69) is 68.5 Å². The number of benzene rings is 2. The average Bonchev–Trinajstić information content (AvgIpc) is 2.31. The lowest BCUT2D eigenvalue weighted by Crippen LogP contribution is -1.80. The lowest BCUT2D eigenvalue weighted by molar-refractivity contribution is 1.45. The normalized spacial score (nSPS) is 11.5. The first-order valence-electron chi connectivity index (χ1n) is 5.56. The zero-order valence-corrected chi connectivity index (χ0v) is 9.77. The summed E-state index contributed by atoms with van der Waals surface area (Å²) in [5.74, 6) is 0. The lowest BCUT2D eigenvalue weighted by atomic mass is 10.0. The van der Waals surface area contributed by atoms with Crippen molar-refractivity contribution in [2.75, 3.05) is 0 Å². The van der Waals surface area contributed by atoms with Gasteiger partial charge in [-0.15, -0.1) is 0 Å². The first-order valence-corrected chi connectivity index (χ1v) is 5.56. The second-order valence-electron chi connectivity index (χ2n) is 4.10. The van der Waals surface area contributed by atoms with Crippen LogP contribution in [0, 0.1) is 6.92 Å². The molecule has 2 rings (SSSR count). The van der Waals surface area contributed by atoms with E-state index < -0.39 is 0 Å². The lowest BCUT2D eigenvalue weighted by Gasteiger charge is -2.02. The Labute approximate surface area is 97.3 Å². The molecule has 0 atom stereocenters. The van der Waals surface area contributed by atoms with Gasteiger partial charge in [0.2, 0.25) is 0 Å². The molecule has 0 aliphatic heterocycles. The first kappa shape index (κ1) is 10.7. The molecule has 0 N–H and O–H groups in total. The molecular formula is C16H16. The van der Waals surface area contributed by atoms with Crippen LogP contribution < -0.4 is 0 Å². The Kier molecular flexibility index (Phi) is 3.21. The zero-order chi connectivity index (χ0) is 11.4. The van der Waals surface area contributed by atoms with Gasteiger partial charge >= 0.3 is 0 Å². The van der Waals surface area contributed by atoms with Gasteiger partial charge in [0.15, 0.2) is 0 Å². The van der Waals surface area contributed by atoms with Crippen molar-refractivity contribution < 1.29 is 0 Å². The average molecular weight is 208 g/mol. The topological polar surface area (TPSA) is 0 Å². The standard InChI is InChI=1S/C16H16/c1-13-8-10-16(11-9-13)14(2)12-15-6-4-3-5-7-15/h3-12H,1-2H3/b14-12-. The fourth-order valence-electron chi connectivity index (χ4n) is 1.70. The Balaban J connectivity index is 2.28. The summed E-state index contributed by atoms with van der Waals surface area (Å²) in [5, 5.41) is 0. The molecule has 0 spiro atoms. The molecule has 80 valence electrons. The molecule has 0 saturated heterocycles. The van der Waals surface area contributed by atoms with Crippen molar-refractivity contribution in [3.8, 4) is 0 Å². The van der Waals surface area contributed by atoms with Crippen LogP contribution in [0.15, 0.2) is 54.6 Å². The largest absolute Gasteiger partial charge is 0.0622 e. The summed E-state index contributed by atoms with van der Waals surface area (Å²) in [6.07, 6.45) is 2.21. The maximum atomic E-state index is 2.21. The van der Waals surface area contributed by atoms with Crippen molar-refractivity contribution in [1.29, 1.82) is 0 Å². The molecule has 0 amide bonds. The molecule has 0 fully saturated rings. The van der Waals surface area contributed by atoms with Crippen molar-refractivity contribution in [2.24, 2.45) is 0 Å². The van der Waals surface area contributed by atoms with Crippen molar-refractivity contribution in [2.45, 2.75) is 13.8 Å². The van der Waals surface area contributed by atoms with Crippen LogP contribution in [0.2, 0.25) is 0 Å². The summed E-state index contributed by atoms with van der Waals surface area (Å²) >= 11 is 0. The maximum Gasteiger partial charge on any atom is -0.0227 e. The van der Waals surface area contributed by atoms with Gasteiger partial charge in [-0.05, 0) is 30.5 Å². The third kappa shape index (κ3) is 2.60. The molecule has 2 aromatic carbocycles. The molecule has 0 aromatic heterocycles. The second-order valence-corrected chi connectivity index (χ2v) is 4.10. The van der Waals surface area contributed by atoms with Crippen LogP contribution in [0.4, 0.5) is 0 Å². The summed E-state index contributed by atoms with van der Waals surface area (Å²) in [7, 11) is 0. The molecule has 0 saturated carbocycles. The monoisotopic (exact) mass is 208 g/mol. The minimum Gasteiger partial charge on any atom is -0.0622 e. The van der Waals surface area contributed by atoms with E-state index in [-0.39, 0.29) is 0 Å². The Morgan fingerprint density at radius 2 is 1.50 bits per heavy atom. The quantitative estimate of drug-likeness (QED) is 0.635. The van der Waals surface area contributed by atoms with Gasteiger partial charge < -0.3 is 0 Å². The Bertz CT molecular complexity index is 475. The van der Waals surface area contributed by atoms with Crippen molar-refractivity contribution in [3.63, 3.8) is 0 Å². The van der Waals surface area contributed by atoms with E-state index in [0.29, 0.717) is 0 Å². The van der Waals surface area contributed by atoms with Crippen molar-refractivity contribution >= 4 is 11.6 Å². The molecule has 0 radical (unpaired) electrons. The molecule has 0 heteroatoms. The van der Waals surface area contributed by atoms with Gasteiger partial charge in [-0.3, -0.25) is 0 Å². The molecule has 0 nitrogen and oxygen atoms in total. The summed E-state index contributed by atoms with van der Waals surface area (Å²) < 4.78 is 0. The predicted octanol–water partition coefficient (Wildman–Crippen LogP) is 4.56. The van der Waals surface area contributed by atoms with Crippen LogP contribution in [-0.4, -0.2) is 0 Å². The number of hydrogen-bond acceptors (Lipinski definition) is 0. The van der Waals surface area contributed by atoms with Gasteiger partial charge in [0.05, 0.1) is 0 Å². The van der Waals surface area contributed by atoms with E-state index in [1.807, 2.05) is 6.07 Å². The summed E-state index contributed by atoms with van der Waals surface area (Å²) in [6, 6.07) is 19.1. The van der Waals surface area contributed by atoms with E-state index in [9.17, 15) is 0 Å². The Hall–Kier alpha value is -1.82. The molecule has 2 aromatic rings. The minimum absolute atomic E-state index is 1.25. The first-order chi connectivity index (χ1) is 7.75. The number of hydrogen-bond donors (Lipinski definition) is 0. The van der Waals surface area contributed by atoms with Crippen molar-refractivity contribution in [3.05, 3.63) is 71.3 Å². The highest BCUT2D eigenvalue weighted by atomic mass is 14.0. The smallest absolute Gasteiger partial charge is 0.0227 e. The van der Waals surface area contributed by atoms with E-state index >= 15 is 0 Å². The number of allylic oxidation sites excluding steroid dienone is 1. The molecule has 16 heavy (non-hydrogen) atoms. The molecule has 0 unspecified atom stereocenters. The molecule has 0 aliphatic carbocycles. The SMILES string of the molecule is C/C(=C/c1ccccc1)c1ccc(C)cc1. The van der Waals surface area contributed by atoms with Crippen LogP contribution in [0.25, 0.3) is 11.6 Å². The minimum atomic E-state index is 1.25. The summed E-state index contributed by atoms with van der Waals surface area (Å²) in [6.45, 7) is 4.26. The highest BCUT2D eigenvalue weighted by Crippen LogP contribution is 2.17. The van der Waals surface area contributed by atoms with Gasteiger partial charge in [-0.1, -0.05) is 66.2 Å². The van der Waals surface area contributed by atoms with Gasteiger partial charge in [-0.2, -0.15) is 0 Å². The van der Waals surface area contributed by atoms with E-state index in [4.69, 9.17) is 0 Å². The highest BCUT2D eigenvalue weighted by Gasteiger charge is 1.95. The zero-order valence-electron chi connectivity index (χ0n) is 9.77. The van der Waals surface area contributed by atoms with Gasteiger partial charge in [0.1, 0.15) is 0 Å². The molecule has 0 bridgehead atoms. The fraction of sp³-hybridized carbons (Fsp3) is 0.125. The molecular weight excluding hydrogens is 192 g/mol. The summed E-state index contributed by atoms with van der Waals surface area (Å²) in [4.78, 5) is 0. The number of rotatable bonds is 2. The van der Waals surface area contributed by atoms with Crippen molar-refractivity contribution in [1.82, 2.24) is 0 Å². The third-order valence-electron chi connectivity index (χ3n) is 2.69. The maximum absolute atomic E-state index is 2.21. The molecule has 0 aliphatic rings. The molecule has 0 heterocycles. The van der Waals surface area contributed by atoms with Crippen LogP contribution in [0.5, 0.6) is 0 Å².